The fraction of sp³-hybridized carbons (Fsp3) is 0.294. The largest absolute Gasteiger partial charge is 0.467 e. The van der Waals surface area contributed by atoms with Crippen LogP contribution in [0.4, 0.5) is 9.18 Å². The second-order valence-electron chi connectivity index (χ2n) is 6.09. The molecule has 1 aromatic carbocycles. The van der Waals surface area contributed by atoms with Crippen molar-refractivity contribution in [2.75, 3.05) is 6.79 Å². The molecule has 1 saturated heterocycles. The van der Waals surface area contributed by atoms with Gasteiger partial charge in [0.1, 0.15) is 17.3 Å². The summed E-state index contributed by atoms with van der Waals surface area (Å²) in [7, 11) is 0. The number of rotatable bonds is 3. The van der Waals surface area contributed by atoms with Crippen LogP contribution in [0.15, 0.2) is 34.9 Å². The van der Waals surface area contributed by atoms with Crippen molar-refractivity contribution in [3.63, 3.8) is 0 Å². The highest BCUT2D eigenvalue weighted by atomic mass is 19.1. The Morgan fingerprint density at radius 2 is 2.20 bits per heavy atom. The van der Waals surface area contributed by atoms with Crippen molar-refractivity contribution in [2.45, 2.75) is 25.6 Å². The van der Waals surface area contributed by atoms with Crippen LogP contribution in [-0.2, 0) is 28.2 Å². The molecule has 1 fully saturated rings. The fourth-order valence-electron chi connectivity index (χ4n) is 3.12. The number of nitrogens with one attached hydrogen (secondary N) is 1. The number of ether oxygens (including phenoxy) is 2. The number of amides is 3. The van der Waals surface area contributed by atoms with Gasteiger partial charge in [-0.2, -0.15) is 0 Å². The second-order valence-corrected chi connectivity index (χ2v) is 6.09. The summed E-state index contributed by atoms with van der Waals surface area (Å²) < 4.78 is 29.7. The van der Waals surface area contributed by atoms with E-state index < -0.39 is 23.3 Å². The van der Waals surface area contributed by atoms with Gasteiger partial charge in [0, 0.05) is 11.1 Å². The lowest BCUT2D eigenvalue weighted by Crippen LogP contribution is -2.40. The maximum absolute atomic E-state index is 13.9. The molecule has 3 amide bonds. The fourth-order valence-corrected chi connectivity index (χ4v) is 3.12. The number of urea groups is 1. The van der Waals surface area contributed by atoms with Crippen molar-refractivity contribution in [3.05, 3.63) is 53.2 Å². The normalized spacial score (nSPS) is 22.6. The Kier molecular flexibility index (Phi) is 3.50. The number of imide groups is 1. The van der Waals surface area contributed by atoms with Crippen LogP contribution >= 0.6 is 0 Å². The summed E-state index contributed by atoms with van der Waals surface area (Å²) in [5.74, 6) is -0.180. The van der Waals surface area contributed by atoms with Gasteiger partial charge in [0.05, 0.1) is 19.4 Å². The SMILES string of the molecule is CC1(c2ccco2)NC(=O)N(Cc2cc(F)cc3c2OCOC3)C1=O. The zero-order valence-corrected chi connectivity index (χ0v) is 13.4. The molecule has 0 aliphatic carbocycles. The third-order valence-electron chi connectivity index (χ3n) is 4.37. The number of fused-ring (bicyclic) bond motifs is 1. The molecular formula is C17H15FN2O5. The van der Waals surface area contributed by atoms with Crippen molar-refractivity contribution in [2.24, 2.45) is 0 Å². The van der Waals surface area contributed by atoms with Crippen LogP contribution in [0.3, 0.4) is 0 Å². The maximum Gasteiger partial charge on any atom is 0.325 e. The number of hydrogen-bond donors (Lipinski definition) is 1. The van der Waals surface area contributed by atoms with Crippen LogP contribution in [0.2, 0.25) is 0 Å². The van der Waals surface area contributed by atoms with Crippen LogP contribution < -0.4 is 10.1 Å². The van der Waals surface area contributed by atoms with Gasteiger partial charge in [-0.25, -0.2) is 9.18 Å². The van der Waals surface area contributed by atoms with E-state index in [0.717, 1.165) is 4.90 Å². The predicted octanol–water partition coefficient (Wildman–Crippen LogP) is 2.25. The smallest absolute Gasteiger partial charge is 0.325 e. The minimum absolute atomic E-state index is 0.0376. The van der Waals surface area contributed by atoms with Crippen molar-refractivity contribution >= 4 is 11.9 Å². The summed E-state index contributed by atoms with van der Waals surface area (Å²) in [5, 5.41) is 2.63. The molecule has 2 aliphatic rings. The number of furan rings is 1. The van der Waals surface area contributed by atoms with E-state index in [0.29, 0.717) is 22.6 Å². The van der Waals surface area contributed by atoms with Crippen LogP contribution in [0.5, 0.6) is 5.75 Å². The molecule has 4 rings (SSSR count). The molecule has 2 aliphatic heterocycles. The van der Waals surface area contributed by atoms with Crippen LogP contribution in [0.1, 0.15) is 23.8 Å². The second kappa shape index (κ2) is 5.59. The molecular weight excluding hydrogens is 331 g/mol. The lowest BCUT2D eigenvalue weighted by atomic mass is 9.99. The summed E-state index contributed by atoms with van der Waals surface area (Å²) in [6.07, 6.45) is 1.43. The molecule has 1 N–H and O–H groups in total. The molecule has 0 saturated carbocycles. The summed E-state index contributed by atoms with van der Waals surface area (Å²) in [6.45, 7) is 1.71. The maximum atomic E-state index is 13.9. The molecule has 2 aromatic rings. The zero-order chi connectivity index (χ0) is 17.6. The van der Waals surface area contributed by atoms with E-state index >= 15 is 0 Å². The van der Waals surface area contributed by atoms with Crippen molar-refractivity contribution in [3.8, 4) is 5.75 Å². The highest BCUT2D eigenvalue weighted by molar-refractivity contribution is 6.06. The molecule has 8 heteroatoms. The lowest BCUT2D eigenvalue weighted by molar-refractivity contribution is -0.132. The number of halogens is 1. The summed E-state index contributed by atoms with van der Waals surface area (Å²) in [4.78, 5) is 26.2. The number of nitrogens with zero attached hydrogens (tertiary/aromatic N) is 1. The molecule has 0 bridgehead atoms. The summed E-state index contributed by atoms with van der Waals surface area (Å²) in [6, 6.07) is 5.25. The highest BCUT2D eigenvalue weighted by Gasteiger charge is 2.51. The van der Waals surface area contributed by atoms with Gasteiger partial charge in [-0.15, -0.1) is 0 Å². The molecule has 130 valence electrons. The predicted molar refractivity (Wildman–Crippen MR) is 81.8 cm³/mol. The van der Waals surface area contributed by atoms with Crippen LogP contribution in [0, 0.1) is 5.82 Å². The van der Waals surface area contributed by atoms with Gasteiger partial charge in [0.25, 0.3) is 5.91 Å². The standard InChI is InChI=1S/C17H15FN2O5/c1-17(13-3-2-4-24-13)15(21)20(16(22)19-17)7-10-5-12(18)6-11-8-23-9-25-14(10)11/h2-6H,7-9H2,1H3,(H,19,22). The monoisotopic (exact) mass is 346 g/mol. The number of carbonyl (C=O) groups excluding carboxylic acids is 2. The van der Waals surface area contributed by atoms with Gasteiger partial charge in [0.15, 0.2) is 12.3 Å². The number of benzene rings is 1. The van der Waals surface area contributed by atoms with Gasteiger partial charge < -0.3 is 19.2 Å². The number of hydrogen-bond acceptors (Lipinski definition) is 5. The first-order chi connectivity index (χ1) is 12.0. The number of carbonyl (C=O) groups is 2. The van der Waals surface area contributed by atoms with E-state index in [1.54, 1.807) is 19.1 Å². The Bertz CT molecular complexity index is 851. The van der Waals surface area contributed by atoms with E-state index in [9.17, 15) is 14.0 Å². The quantitative estimate of drug-likeness (QED) is 0.862. The zero-order valence-electron chi connectivity index (χ0n) is 13.4. The van der Waals surface area contributed by atoms with Gasteiger partial charge in [-0.3, -0.25) is 9.69 Å². The molecule has 0 radical (unpaired) electrons. The van der Waals surface area contributed by atoms with E-state index in [-0.39, 0.29) is 19.9 Å². The van der Waals surface area contributed by atoms with E-state index in [4.69, 9.17) is 13.9 Å². The molecule has 1 aromatic heterocycles. The van der Waals surface area contributed by atoms with Crippen molar-refractivity contribution in [1.29, 1.82) is 0 Å². The van der Waals surface area contributed by atoms with Crippen molar-refractivity contribution in [1.82, 2.24) is 10.2 Å². The molecule has 3 heterocycles. The molecule has 25 heavy (non-hydrogen) atoms. The van der Waals surface area contributed by atoms with Crippen LogP contribution in [0.25, 0.3) is 0 Å². The molecule has 7 nitrogen and oxygen atoms in total. The topological polar surface area (TPSA) is 81.0 Å². The van der Waals surface area contributed by atoms with E-state index in [1.807, 2.05) is 0 Å². The average Bonchev–Trinajstić information content (AvgIpc) is 3.19. The third-order valence-corrected chi connectivity index (χ3v) is 4.37. The summed E-state index contributed by atoms with van der Waals surface area (Å²) >= 11 is 0. The Hall–Kier alpha value is -2.87. The average molecular weight is 346 g/mol. The van der Waals surface area contributed by atoms with Gasteiger partial charge in [-0.05, 0) is 31.2 Å². The minimum atomic E-state index is -1.29. The van der Waals surface area contributed by atoms with Crippen molar-refractivity contribution < 1.29 is 27.9 Å². The van der Waals surface area contributed by atoms with Gasteiger partial charge in [0.2, 0.25) is 0 Å². The molecule has 1 atom stereocenters. The van der Waals surface area contributed by atoms with E-state index in [2.05, 4.69) is 5.32 Å². The Labute approximate surface area is 142 Å². The Morgan fingerprint density at radius 3 is 2.96 bits per heavy atom. The Morgan fingerprint density at radius 1 is 1.36 bits per heavy atom. The molecule has 1 unspecified atom stereocenters. The first kappa shape index (κ1) is 15.6. The first-order valence-electron chi connectivity index (χ1n) is 7.69. The molecule has 0 spiro atoms. The lowest BCUT2D eigenvalue weighted by Gasteiger charge is -2.23. The summed E-state index contributed by atoms with van der Waals surface area (Å²) in [5.41, 5.74) is -0.342. The van der Waals surface area contributed by atoms with Gasteiger partial charge >= 0.3 is 6.03 Å². The van der Waals surface area contributed by atoms with Crippen LogP contribution in [-0.4, -0.2) is 23.6 Å². The minimum Gasteiger partial charge on any atom is -0.467 e. The van der Waals surface area contributed by atoms with E-state index in [1.165, 1.54) is 18.4 Å². The Balaban J connectivity index is 1.67. The third kappa shape index (κ3) is 2.45. The highest BCUT2D eigenvalue weighted by Crippen LogP contribution is 2.34. The van der Waals surface area contributed by atoms with Gasteiger partial charge in [-0.1, -0.05) is 0 Å². The first-order valence-corrected chi connectivity index (χ1v) is 7.69.